The molecule has 3 atom stereocenters. The Morgan fingerprint density at radius 2 is 2.12 bits per heavy atom. The van der Waals surface area contributed by atoms with Crippen molar-refractivity contribution in [3.05, 3.63) is 0 Å². The Balaban J connectivity index is 2.34. The van der Waals surface area contributed by atoms with Crippen molar-refractivity contribution in [1.29, 1.82) is 0 Å². The van der Waals surface area contributed by atoms with Crippen LogP contribution in [0.5, 0.6) is 0 Å². The molecule has 1 aliphatic rings. The summed E-state index contributed by atoms with van der Waals surface area (Å²) >= 11 is 0. The van der Waals surface area contributed by atoms with Crippen LogP contribution in [-0.4, -0.2) is 25.8 Å². The summed E-state index contributed by atoms with van der Waals surface area (Å²) in [6.07, 6.45) is 6.85. The van der Waals surface area contributed by atoms with E-state index < -0.39 is 0 Å². The van der Waals surface area contributed by atoms with Gasteiger partial charge in [-0.05, 0) is 44.6 Å². The van der Waals surface area contributed by atoms with Gasteiger partial charge in [-0.3, -0.25) is 0 Å². The van der Waals surface area contributed by atoms with Crippen LogP contribution in [0.1, 0.15) is 52.9 Å². The van der Waals surface area contributed by atoms with Crippen molar-refractivity contribution in [3.63, 3.8) is 0 Å². The molecule has 0 aromatic carbocycles. The molecule has 2 nitrogen and oxygen atoms in total. The molecule has 1 N–H and O–H groups in total. The van der Waals surface area contributed by atoms with Gasteiger partial charge in [-0.25, -0.2) is 0 Å². The van der Waals surface area contributed by atoms with Crippen molar-refractivity contribution in [2.45, 2.75) is 58.9 Å². The van der Waals surface area contributed by atoms with Gasteiger partial charge >= 0.3 is 0 Å². The number of hydrogen-bond donors (Lipinski definition) is 1. The number of rotatable bonds is 7. The van der Waals surface area contributed by atoms with Crippen LogP contribution in [-0.2, 0) is 4.74 Å². The first-order valence-corrected chi connectivity index (χ1v) is 7.09. The third-order valence-corrected chi connectivity index (χ3v) is 3.79. The zero-order chi connectivity index (χ0) is 11.8. The lowest BCUT2D eigenvalue weighted by molar-refractivity contribution is 0.118. The summed E-state index contributed by atoms with van der Waals surface area (Å²) < 4.78 is 5.49. The molecule has 1 rings (SSSR count). The predicted octanol–water partition coefficient (Wildman–Crippen LogP) is 3.22. The minimum Gasteiger partial charge on any atom is -0.382 e. The van der Waals surface area contributed by atoms with E-state index in [1.54, 1.807) is 0 Å². The summed E-state index contributed by atoms with van der Waals surface area (Å²) in [6, 6.07) is 0.680. The van der Waals surface area contributed by atoms with E-state index in [0.29, 0.717) is 6.04 Å². The highest BCUT2D eigenvalue weighted by molar-refractivity contribution is 4.81. The predicted molar refractivity (Wildman–Crippen MR) is 69.7 cm³/mol. The van der Waals surface area contributed by atoms with E-state index in [1.807, 2.05) is 0 Å². The molecule has 96 valence electrons. The van der Waals surface area contributed by atoms with E-state index in [1.165, 1.54) is 32.1 Å². The van der Waals surface area contributed by atoms with E-state index >= 15 is 0 Å². The molecule has 0 spiro atoms. The summed E-state index contributed by atoms with van der Waals surface area (Å²) in [4.78, 5) is 0. The van der Waals surface area contributed by atoms with Gasteiger partial charge in [0.2, 0.25) is 0 Å². The Labute approximate surface area is 101 Å². The second-order valence-corrected chi connectivity index (χ2v) is 5.18. The van der Waals surface area contributed by atoms with Gasteiger partial charge in [0.15, 0.2) is 0 Å². The van der Waals surface area contributed by atoms with Crippen LogP contribution in [0.15, 0.2) is 0 Å². The molecule has 0 aliphatic heterocycles. The Kier molecular flexibility index (Phi) is 7.06. The molecule has 1 aliphatic carbocycles. The fraction of sp³-hybridized carbons (Fsp3) is 1.00. The normalized spacial score (nSPS) is 27.9. The lowest BCUT2D eigenvalue weighted by atomic mass is 9.78. The fourth-order valence-corrected chi connectivity index (χ4v) is 2.97. The van der Waals surface area contributed by atoms with Crippen molar-refractivity contribution in [2.24, 2.45) is 11.8 Å². The molecular weight excluding hydrogens is 198 g/mol. The second kappa shape index (κ2) is 8.08. The summed E-state index contributed by atoms with van der Waals surface area (Å²) in [5, 5.41) is 3.65. The maximum atomic E-state index is 5.49. The zero-order valence-corrected chi connectivity index (χ0v) is 11.3. The molecule has 0 amide bonds. The Morgan fingerprint density at radius 1 is 1.31 bits per heavy atom. The average Bonchev–Trinajstić information content (AvgIpc) is 2.28. The highest BCUT2D eigenvalue weighted by Gasteiger charge is 2.25. The van der Waals surface area contributed by atoms with Gasteiger partial charge in [0, 0.05) is 19.3 Å². The first-order valence-electron chi connectivity index (χ1n) is 7.09. The van der Waals surface area contributed by atoms with Crippen molar-refractivity contribution >= 4 is 0 Å². The molecule has 0 aromatic rings. The standard InChI is InChI=1S/C14H29NO/c1-4-15-14(9-10-16-5-2)13-8-6-7-12(3)11-13/h12-15H,4-11H2,1-3H3. The third-order valence-electron chi connectivity index (χ3n) is 3.79. The molecule has 1 fully saturated rings. The summed E-state index contributed by atoms with van der Waals surface area (Å²) in [6.45, 7) is 9.53. The maximum absolute atomic E-state index is 5.49. The molecule has 0 aromatic heterocycles. The van der Waals surface area contributed by atoms with E-state index in [4.69, 9.17) is 4.74 Å². The van der Waals surface area contributed by atoms with Gasteiger partial charge < -0.3 is 10.1 Å². The molecule has 16 heavy (non-hydrogen) atoms. The molecule has 3 unspecified atom stereocenters. The first-order chi connectivity index (χ1) is 7.77. The van der Waals surface area contributed by atoms with Crippen LogP contribution < -0.4 is 5.32 Å². The Hall–Kier alpha value is -0.0800. The zero-order valence-electron chi connectivity index (χ0n) is 11.3. The highest BCUT2D eigenvalue weighted by Crippen LogP contribution is 2.31. The topological polar surface area (TPSA) is 21.3 Å². The van der Waals surface area contributed by atoms with Gasteiger partial charge in [0.25, 0.3) is 0 Å². The van der Waals surface area contributed by atoms with Gasteiger partial charge in [0.1, 0.15) is 0 Å². The van der Waals surface area contributed by atoms with Crippen molar-refractivity contribution in [3.8, 4) is 0 Å². The molecule has 2 heteroatoms. The monoisotopic (exact) mass is 227 g/mol. The van der Waals surface area contributed by atoms with Crippen molar-refractivity contribution in [1.82, 2.24) is 5.32 Å². The quantitative estimate of drug-likeness (QED) is 0.674. The van der Waals surface area contributed by atoms with E-state index in [-0.39, 0.29) is 0 Å². The third kappa shape index (κ3) is 4.84. The molecule has 0 bridgehead atoms. The lowest BCUT2D eigenvalue weighted by Gasteiger charge is -2.33. The largest absolute Gasteiger partial charge is 0.382 e. The highest BCUT2D eigenvalue weighted by atomic mass is 16.5. The number of ether oxygens (including phenoxy) is 1. The van der Waals surface area contributed by atoms with Crippen LogP contribution in [0, 0.1) is 11.8 Å². The van der Waals surface area contributed by atoms with Gasteiger partial charge in [-0.15, -0.1) is 0 Å². The summed E-state index contributed by atoms with van der Waals surface area (Å²) in [7, 11) is 0. The average molecular weight is 227 g/mol. The van der Waals surface area contributed by atoms with Crippen molar-refractivity contribution in [2.75, 3.05) is 19.8 Å². The van der Waals surface area contributed by atoms with Gasteiger partial charge in [0.05, 0.1) is 0 Å². The van der Waals surface area contributed by atoms with Gasteiger partial charge in [-0.1, -0.05) is 26.7 Å². The molecule has 0 heterocycles. The van der Waals surface area contributed by atoms with Crippen LogP contribution in [0.2, 0.25) is 0 Å². The first kappa shape index (κ1) is 14.0. The van der Waals surface area contributed by atoms with Crippen LogP contribution in [0.3, 0.4) is 0 Å². The van der Waals surface area contributed by atoms with E-state index in [2.05, 4.69) is 26.1 Å². The van der Waals surface area contributed by atoms with E-state index in [0.717, 1.165) is 31.6 Å². The van der Waals surface area contributed by atoms with Crippen LogP contribution in [0.4, 0.5) is 0 Å². The SMILES string of the molecule is CCNC(CCOCC)C1CCCC(C)C1. The van der Waals surface area contributed by atoms with Crippen LogP contribution in [0.25, 0.3) is 0 Å². The Bertz CT molecular complexity index is 172. The molecular formula is C14H29NO. The summed E-state index contributed by atoms with van der Waals surface area (Å²) in [5.41, 5.74) is 0. The number of nitrogens with one attached hydrogen (secondary N) is 1. The minimum atomic E-state index is 0.680. The summed E-state index contributed by atoms with van der Waals surface area (Å²) in [5.74, 6) is 1.80. The number of hydrogen-bond acceptors (Lipinski definition) is 2. The molecule has 1 saturated carbocycles. The lowest BCUT2D eigenvalue weighted by Crippen LogP contribution is -2.39. The maximum Gasteiger partial charge on any atom is 0.0480 e. The van der Waals surface area contributed by atoms with E-state index in [9.17, 15) is 0 Å². The Morgan fingerprint density at radius 3 is 2.75 bits per heavy atom. The second-order valence-electron chi connectivity index (χ2n) is 5.18. The molecule has 0 saturated heterocycles. The minimum absolute atomic E-state index is 0.680. The fourth-order valence-electron chi connectivity index (χ4n) is 2.97. The smallest absolute Gasteiger partial charge is 0.0480 e. The molecule has 0 radical (unpaired) electrons. The van der Waals surface area contributed by atoms with Crippen LogP contribution >= 0.6 is 0 Å². The van der Waals surface area contributed by atoms with Gasteiger partial charge in [-0.2, -0.15) is 0 Å². The van der Waals surface area contributed by atoms with Crippen molar-refractivity contribution < 1.29 is 4.74 Å².